The molecule has 0 amide bonds. The summed E-state index contributed by atoms with van der Waals surface area (Å²) in [4.78, 5) is 0. The molecule has 0 saturated carbocycles. The van der Waals surface area contributed by atoms with Crippen LogP contribution in [0.15, 0.2) is 18.2 Å². The molecule has 1 aromatic carbocycles. The van der Waals surface area contributed by atoms with Crippen molar-refractivity contribution in [1.29, 1.82) is 0 Å². The smallest absolute Gasteiger partial charge is 0.125 e. The van der Waals surface area contributed by atoms with Gasteiger partial charge in [0.25, 0.3) is 0 Å². The molecule has 3 rings (SSSR count). The number of thioether (sulfide) groups is 1. The zero-order valence-electron chi connectivity index (χ0n) is 12.3. The topological polar surface area (TPSA) is 30.5 Å². The SMILES string of the molecule is CCCNC1CC2(CCSC2)Oc2ccc(OC)cc21. The zero-order chi connectivity index (χ0) is 14.0. The molecule has 0 aliphatic carbocycles. The highest BCUT2D eigenvalue weighted by Gasteiger charge is 2.43. The molecule has 2 heterocycles. The summed E-state index contributed by atoms with van der Waals surface area (Å²) in [5, 5.41) is 3.69. The van der Waals surface area contributed by atoms with Crippen LogP contribution in [0.4, 0.5) is 0 Å². The largest absolute Gasteiger partial charge is 0.497 e. The summed E-state index contributed by atoms with van der Waals surface area (Å²) in [6.45, 7) is 3.25. The van der Waals surface area contributed by atoms with E-state index in [1.165, 1.54) is 11.3 Å². The van der Waals surface area contributed by atoms with Crippen LogP contribution in [0.5, 0.6) is 11.5 Å². The fourth-order valence-corrected chi connectivity index (χ4v) is 4.46. The quantitative estimate of drug-likeness (QED) is 0.922. The Labute approximate surface area is 125 Å². The first-order valence-corrected chi connectivity index (χ1v) is 8.60. The lowest BCUT2D eigenvalue weighted by molar-refractivity contribution is 0.0551. The van der Waals surface area contributed by atoms with Crippen molar-refractivity contribution in [2.24, 2.45) is 0 Å². The van der Waals surface area contributed by atoms with E-state index in [0.717, 1.165) is 43.1 Å². The van der Waals surface area contributed by atoms with Crippen molar-refractivity contribution in [3.05, 3.63) is 23.8 Å². The first-order valence-electron chi connectivity index (χ1n) is 7.44. The van der Waals surface area contributed by atoms with Crippen LogP contribution in [0, 0.1) is 0 Å². The van der Waals surface area contributed by atoms with E-state index in [9.17, 15) is 0 Å². The van der Waals surface area contributed by atoms with E-state index >= 15 is 0 Å². The molecular weight excluding hydrogens is 270 g/mol. The average Bonchev–Trinajstić information content (AvgIpc) is 2.92. The van der Waals surface area contributed by atoms with Gasteiger partial charge >= 0.3 is 0 Å². The third-order valence-corrected chi connectivity index (χ3v) is 5.43. The molecule has 0 radical (unpaired) electrons. The van der Waals surface area contributed by atoms with Crippen molar-refractivity contribution < 1.29 is 9.47 Å². The first-order chi connectivity index (χ1) is 9.76. The Bertz CT molecular complexity index is 472. The van der Waals surface area contributed by atoms with Gasteiger partial charge in [0.15, 0.2) is 0 Å². The fraction of sp³-hybridized carbons (Fsp3) is 0.625. The number of benzene rings is 1. The minimum Gasteiger partial charge on any atom is -0.497 e. The number of hydrogen-bond acceptors (Lipinski definition) is 4. The Balaban J connectivity index is 1.91. The van der Waals surface area contributed by atoms with Gasteiger partial charge in [-0.1, -0.05) is 6.92 Å². The van der Waals surface area contributed by atoms with E-state index in [-0.39, 0.29) is 5.60 Å². The second-order valence-electron chi connectivity index (χ2n) is 5.70. The second-order valence-corrected chi connectivity index (χ2v) is 6.81. The fourth-order valence-electron chi connectivity index (χ4n) is 3.11. The molecule has 110 valence electrons. The summed E-state index contributed by atoms with van der Waals surface area (Å²) in [6, 6.07) is 6.57. The zero-order valence-corrected chi connectivity index (χ0v) is 13.1. The van der Waals surface area contributed by atoms with Crippen LogP contribution in [0.1, 0.15) is 37.8 Å². The molecule has 4 heteroatoms. The third-order valence-electron chi connectivity index (χ3n) is 4.20. The number of fused-ring (bicyclic) bond motifs is 1. The van der Waals surface area contributed by atoms with Crippen LogP contribution < -0.4 is 14.8 Å². The van der Waals surface area contributed by atoms with Crippen LogP contribution in [0.2, 0.25) is 0 Å². The summed E-state index contributed by atoms with van der Waals surface area (Å²) in [6.07, 6.45) is 3.38. The van der Waals surface area contributed by atoms with Crippen molar-refractivity contribution in [2.45, 2.75) is 37.8 Å². The van der Waals surface area contributed by atoms with E-state index in [0.29, 0.717) is 6.04 Å². The highest BCUT2D eigenvalue weighted by atomic mass is 32.2. The van der Waals surface area contributed by atoms with Gasteiger partial charge in [-0.2, -0.15) is 11.8 Å². The molecule has 2 atom stereocenters. The molecule has 20 heavy (non-hydrogen) atoms. The lowest BCUT2D eigenvalue weighted by Crippen LogP contribution is -2.44. The van der Waals surface area contributed by atoms with Crippen molar-refractivity contribution in [1.82, 2.24) is 5.32 Å². The molecular formula is C16H23NO2S. The Kier molecular flexibility index (Phi) is 4.13. The van der Waals surface area contributed by atoms with Gasteiger partial charge in [0, 0.05) is 23.8 Å². The van der Waals surface area contributed by atoms with E-state index in [1.54, 1.807) is 7.11 Å². The molecule has 2 unspecified atom stereocenters. The maximum atomic E-state index is 6.37. The van der Waals surface area contributed by atoms with Crippen molar-refractivity contribution in [3.63, 3.8) is 0 Å². The van der Waals surface area contributed by atoms with Gasteiger partial charge < -0.3 is 14.8 Å². The molecule has 1 saturated heterocycles. The normalized spacial score (nSPS) is 28.2. The second kappa shape index (κ2) is 5.86. The minimum absolute atomic E-state index is 0.0393. The van der Waals surface area contributed by atoms with Crippen molar-refractivity contribution >= 4 is 11.8 Å². The monoisotopic (exact) mass is 293 g/mol. The van der Waals surface area contributed by atoms with Gasteiger partial charge in [0.1, 0.15) is 17.1 Å². The highest BCUT2D eigenvalue weighted by Crippen LogP contribution is 2.46. The number of ether oxygens (including phenoxy) is 2. The average molecular weight is 293 g/mol. The van der Waals surface area contributed by atoms with Gasteiger partial charge in [-0.25, -0.2) is 0 Å². The third kappa shape index (κ3) is 2.63. The molecule has 2 aliphatic heterocycles. The predicted octanol–water partition coefficient (Wildman–Crippen LogP) is 3.39. The Morgan fingerprint density at radius 1 is 1.50 bits per heavy atom. The van der Waals surface area contributed by atoms with E-state index < -0.39 is 0 Å². The molecule has 3 nitrogen and oxygen atoms in total. The first kappa shape index (κ1) is 14.1. The number of nitrogens with one attached hydrogen (secondary N) is 1. The minimum atomic E-state index is 0.0393. The Morgan fingerprint density at radius 3 is 3.10 bits per heavy atom. The van der Waals surface area contributed by atoms with E-state index in [1.807, 2.05) is 17.8 Å². The highest BCUT2D eigenvalue weighted by molar-refractivity contribution is 7.99. The summed E-state index contributed by atoms with van der Waals surface area (Å²) in [5.74, 6) is 4.27. The van der Waals surface area contributed by atoms with Crippen LogP contribution in [0.25, 0.3) is 0 Å². The van der Waals surface area contributed by atoms with Gasteiger partial charge in [-0.05, 0) is 43.3 Å². The summed E-state index contributed by atoms with van der Waals surface area (Å²) in [7, 11) is 1.72. The van der Waals surface area contributed by atoms with Gasteiger partial charge in [-0.15, -0.1) is 0 Å². The van der Waals surface area contributed by atoms with Crippen LogP contribution in [0.3, 0.4) is 0 Å². The van der Waals surface area contributed by atoms with Crippen LogP contribution in [-0.4, -0.2) is 30.8 Å². The number of hydrogen-bond donors (Lipinski definition) is 1. The number of rotatable bonds is 4. The molecule has 0 aromatic heterocycles. The molecule has 1 fully saturated rings. The van der Waals surface area contributed by atoms with E-state index in [4.69, 9.17) is 9.47 Å². The maximum absolute atomic E-state index is 6.37. The van der Waals surface area contributed by atoms with E-state index in [2.05, 4.69) is 24.4 Å². The molecule has 2 aliphatic rings. The Hall–Kier alpha value is -0.870. The molecule has 0 bridgehead atoms. The lowest BCUT2D eigenvalue weighted by atomic mass is 9.86. The number of methoxy groups -OCH3 is 1. The predicted molar refractivity (Wildman–Crippen MR) is 83.9 cm³/mol. The maximum Gasteiger partial charge on any atom is 0.125 e. The Morgan fingerprint density at radius 2 is 2.40 bits per heavy atom. The molecule has 1 aromatic rings. The van der Waals surface area contributed by atoms with Crippen molar-refractivity contribution in [2.75, 3.05) is 25.2 Å². The van der Waals surface area contributed by atoms with Gasteiger partial charge in [0.05, 0.1) is 7.11 Å². The van der Waals surface area contributed by atoms with Crippen molar-refractivity contribution in [3.8, 4) is 11.5 Å². The van der Waals surface area contributed by atoms with Gasteiger partial charge in [-0.3, -0.25) is 0 Å². The summed E-state index contributed by atoms with van der Waals surface area (Å²) < 4.78 is 11.7. The molecule has 1 N–H and O–H groups in total. The van der Waals surface area contributed by atoms with Gasteiger partial charge in [0.2, 0.25) is 0 Å². The lowest BCUT2D eigenvalue weighted by Gasteiger charge is -2.40. The summed E-state index contributed by atoms with van der Waals surface area (Å²) >= 11 is 2.01. The van der Waals surface area contributed by atoms with Crippen LogP contribution >= 0.6 is 11.8 Å². The van der Waals surface area contributed by atoms with Crippen LogP contribution in [-0.2, 0) is 0 Å². The summed E-state index contributed by atoms with van der Waals surface area (Å²) in [5.41, 5.74) is 1.29. The standard InChI is InChI=1S/C16H23NO2S/c1-3-7-17-14-10-16(6-8-20-11-16)19-15-5-4-12(18-2)9-13(14)15/h4-5,9,14,17H,3,6-8,10-11H2,1-2H3. The molecule has 1 spiro atoms.